The van der Waals surface area contributed by atoms with E-state index in [1.54, 1.807) is 18.2 Å². The van der Waals surface area contributed by atoms with Gasteiger partial charge in [-0.25, -0.2) is 8.42 Å². The summed E-state index contributed by atoms with van der Waals surface area (Å²) in [4.78, 5) is 12.3. The Kier molecular flexibility index (Phi) is 6.21. The molecular formula is C17H23N3O3S. The standard InChI is InChI=1S/C17H23N3O3S/c1-24(22,23)20(16-10-6-7-14(11-16)12-18)13-17(21)19-15-8-4-2-3-5-9-15/h6-7,10-11,15H,2-5,8-9,13H2,1H3,(H,19,21). The Morgan fingerprint density at radius 1 is 1.29 bits per heavy atom. The molecular weight excluding hydrogens is 326 g/mol. The number of anilines is 1. The van der Waals surface area contributed by atoms with Gasteiger partial charge >= 0.3 is 0 Å². The maximum absolute atomic E-state index is 12.3. The third-order valence-electron chi connectivity index (χ3n) is 4.17. The van der Waals surface area contributed by atoms with Gasteiger partial charge in [0, 0.05) is 6.04 Å². The molecule has 6 nitrogen and oxygen atoms in total. The van der Waals surface area contributed by atoms with Crippen LogP contribution in [0.25, 0.3) is 0 Å². The van der Waals surface area contributed by atoms with Gasteiger partial charge in [-0.05, 0) is 31.0 Å². The lowest BCUT2D eigenvalue weighted by Gasteiger charge is -2.24. The van der Waals surface area contributed by atoms with Gasteiger partial charge in [-0.1, -0.05) is 31.7 Å². The fourth-order valence-electron chi connectivity index (χ4n) is 2.96. The van der Waals surface area contributed by atoms with Crippen LogP contribution < -0.4 is 9.62 Å². The van der Waals surface area contributed by atoms with Crippen molar-refractivity contribution >= 4 is 21.6 Å². The summed E-state index contributed by atoms with van der Waals surface area (Å²) in [6.45, 7) is -0.274. The summed E-state index contributed by atoms with van der Waals surface area (Å²) in [6.07, 6.45) is 7.48. The first-order valence-corrected chi connectivity index (χ1v) is 10.0. The van der Waals surface area contributed by atoms with Gasteiger partial charge in [-0.3, -0.25) is 9.10 Å². The number of benzene rings is 1. The molecule has 1 N–H and O–H groups in total. The Balaban J connectivity index is 2.11. The molecule has 1 aromatic rings. The first-order chi connectivity index (χ1) is 11.4. The molecule has 0 saturated heterocycles. The topological polar surface area (TPSA) is 90.3 Å². The molecule has 0 unspecified atom stereocenters. The van der Waals surface area contributed by atoms with Gasteiger partial charge in [0.15, 0.2) is 0 Å². The monoisotopic (exact) mass is 349 g/mol. The quantitative estimate of drug-likeness (QED) is 0.825. The minimum Gasteiger partial charge on any atom is -0.352 e. The van der Waals surface area contributed by atoms with E-state index in [0.717, 1.165) is 36.2 Å². The fourth-order valence-corrected chi connectivity index (χ4v) is 3.81. The predicted molar refractivity (Wildman–Crippen MR) is 93.0 cm³/mol. The van der Waals surface area contributed by atoms with Gasteiger partial charge in [-0.15, -0.1) is 0 Å². The zero-order valence-electron chi connectivity index (χ0n) is 13.9. The van der Waals surface area contributed by atoms with E-state index in [4.69, 9.17) is 5.26 Å². The average Bonchev–Trinajstić information content (AvgIpc) is 2.80. The van der Waals surface area contributed by atoms with Crippen LogP contribution in [0.1, 0.15) is 44.1 Å². The van der Waals surface area contributed by atoms with Crippen molar-refractivity contribution in [2.45, 2.75) is 44.6 Å². The Labute approximate surface area is 143 Å². The molecule has 1 fully saturated rings. The number of nitrogens with one attached hydrogen (secondary N) is 1. The van der Waals surface area contributed by atoms with Crippen molar-refractivity contribution in [3.63, 3.8) is 0 Å². The summed E-state index contributed by atoms with van der Waals surface area (Å²) in [5, 5.41) is 11.9. The number of carbonyl (C=O) groups is 1. The summed E-state index contributed by atoms with van der Waals surface area (Å²) < 4.78 is 25.2. The highest BCUT2D eigenvalue weighted by atomic mass is 32.2. The van der Waals surface area contributed by atoms with Crippen LogP contribution in [-0.2, 0) is 14.8 Å². The number of hydrogen-bond donors (Lipinski definition) is 1. The maximum atomic E-state index is 12.3. The third kappa shape index (κ3) is 5.24. The van der Waals surface area contributed by atoms with Crippen molar-refractivity contribution in [2.75, 3.05) is 17.1 Å². The van der Waals surface area contributed by atoms with Crippen LogP contribution in [0.2, 0.25) is 0 Å². The number of sulfonamides is 1. The highest BCUT2D eigenvalue weighted by molar-refractivity contribution is 7.92. The zero-order valence-corrected chi connectivity index (χ0v) is 14.7. The molecule has 24 heavy (non-hydrogen) atoms. The smallest absolute Gasteiger partial charge is 0.240 e. The van der Waals surface area contributed by atoms with Gasteiger partial charge in [0.1, 0.15) is 6.54 Å². The number of amides is 1. The van der Waals surface area contributed by atoms with Crippen molar-refractivity contribution in [3.8, 4) is 6.07 Å². The summed E-state index contributed by atoms with van der Waals surface area (Å²) in [5.74, 6) is -0.310. The Morgan fingerprint density at radius 3 is 2.54 bits per heavy atom. The lowest BCUT2D eigenvalue weighted by atomic mass is 10.1. The molecule has 7 heteroatoms. The second kappa shape index (κ2) is 8.15. The Hall–Kier alpha value is -2.07. The molecule has 1 aliphatic rings. The van der Waals surface area contributed by atoms with E-state index in [0.29, 0.717) is 11.3 Å². The molecule has 0 aliphatic heterocycles. The van der Waals surface area contributed by atoms with E-state index >= 15 is 0 Å². The summed E-state index contributed by atoms with van der Waals surface area (Å²) >= 11 is 0. The number of nitriles is 1. The molecule has 0 radical (unpaired) electrons. The Bertz CT molecular complexity index is 717. The molecule has 130 valence electrons. The van der Waals surface area contributed by atoms with Gasteiger partial charge < -0.3 is 5.32 Å². The summed E-state index contributed by atoms with van der Waals surface area (Å²) in [6, 6.07) is 8.35. The second-order valence-electron chi connectivity index (χ2n) is 6.19. The van der Waals surface area contributed by atoms with Gasteiger partial charge in [0.2, 0.25) is 15.9 Å². The molecule has 2 rings (SSSR count). The van der Waals surface area contributed by atoms with Crippen molar-refractivity contribution < 1.29 is 13.2 Å². The minimum atomic E-state index is -3.62. The molecule has 0 spiro atoms. The largest absolute Gasteiger partial charge is 0.352 e. The van der Waals surface area contributed by atoms with Crippen LogP contribution >= 0.6 is 0 Å². The van der Waals surface area contributed by atoms with E-state index in [9.17, 15) is 13.2 Å². The van der Waals surface area contributed by atoms with Crippen molar-refractivity contribution in [1.82, 2.24) is 5.32 Å². The molecule has 0 heterocycles. The normalized spacial score (nSPS) is 16.0. The molecule has 0 aromatic heterocycles. The summed E-state index contributed by atoms with van der Waals surface area (Å²) in [7, 11) is -3.62. The first kappa shape index (κ1) is 18.3. The molecule has 1 saturated carbocycles. The number of rotatable bonds is 5. The highest BCUT2D eigenvalue weighted by Gasteiger charge is 2.23. The SMILES string of the molecule is CS(=O)(=O)N(CC(=O)NC1CCCCCC1)c1cccc(C#N)c1. The maximum Gasteiger partial charge on any atom is 0.240 e. The third-order valence-corrected chi connectivity index (χ3v) is 5.31. The van der Waals surface area contributed by atoms with Crippen molar-refractivity contribution in [3.05, 3.63) is 29.8 Å². The molecule has 1 aliphatic carbocycles. The van der Waals surface area contributed by atoms with Crippen molar-refractivity contribution in [1.29, 1.82) is 5.26 Å². The molecule has 1 aromatic carbocycles. The van der Waals surface area contributed by atoms with Crippen LogP contribution in [0.4, 0.5) is 5.69 Å². The van der Waals surface area contributed by atoms with Crippen LogP contribution in [0.3, 0.4) is 0 Å². The summed E-state index contributed by atoms with van der Waals surface area (Å²) in [5.41, 5.74) is 0.679. The minimum absolute atomic E-state index is 0.117. The van der Waals surface area contributed by atoms with E-state index in [2.05, 4.69) is 5.32 Å². The number of nitrogens with zero attached hydrogens (tertiary/aromatic N) is 2. The van der Waals surface area contributed by atoms with E-state index < -0.39 is 10.0 Å². The first-order valence-electron chi connectivity index (χ1n) is 8.17. The van der Waals surface area contributed by atoms with Crippen molar-refractivity contribution in [2.24, 2.45) is 0 Å². The van der Waals surface area contributed by atoms with Crippen LogP contribution in [0.5, 0.6) is 0 Å². The van der Waals surface area contributed by atoms with Crippen LogP contribution in [-0.4, -0.2) is 33.2 Å². The van der Waals surface area contributed by atoms with E-state index in [1.807, 2.05) is 6.07 Å². The number of carbonyl (C=O) groups excluding carboxylic acids is 1. The molecule has 1 amide bonds. The van der Waals surface area contributed by atoms with Gasteiger partial charge in [-0.2, -0.15) is 5.26 Å². The van der Waals surface area contributed by atoms with Crippen LogP contribution in [0, 0.1) is 11.3 Å². The fraction of sp³-hybridized carbons (Fsp3) is 0.529. The predicted octanol–water partition coefficient (Wildman–Crippen LogP) is 2.16. The van der Waals surface area contributed by atoms with Gasteiger partial charge in [0.25, 0.3) is 0 Å². The zero-order chi connectivity index (χ0) is 17.6. The second-order valence-corrected chi connectivity index (χ2v) is 8.09. The van der Waals surface area contributed by atoms with Crippen LogP contribution in [0.15, 0.2) is 24.3 Å². The lowest BCUT2D eigenvalue weighted by molar-refractivity contribution is -0.120. The average molecular weight is 349 g/mol. The Morgan fingerprint density at radius 2 is 1.96 bits per heavy atom. The molecule has 0 atom stereocenters. The van der Waals surface area contributed by atoms with Gasteiger partial charge in [0.05, 0.1) is 23.6 Å². The highest BCUT2D eigenvalue weighted by Crippen LogP contribution is 2.20. The lowest BCUT2D eigenvalue weighted by Crippen LogP contribution is -2.44. The van der Waals surface area contributed by atoms with E-state index in [-0.39, 0.29) is 18.5 Å². The van der Waals surface area contributed by atoms with E-state index in [1.165, 1.54) is 18.9 Å². The molecule has 0 bridgehead atoms. The number of hydrogen-bond acceptors (Lipinski definition) is 4.